The molecule has 0 bridgehead atoms. The van der Waals surface area contributed by atoms with E-state index in [1.54, 1.807) is 20.8 Å². The smallest absolute Gasteiger partial charge is 0.461 e. The highest BCUT2D eigenvalue weighted by Gasteiger charge is 2.57. The Bertz CT molecular complexity index is 1300. The molecule has 240 valence electrons. The highest BCUT2D eigenvalue weighted by atomic mass is 16.7. The van der Waals surface area contributed by atoms with Gasteiger partial charge in [0.1, 0.15) is 31.0 Å². The van der Waals surface area contributed by atoms with Gasteiger partial charge in [0, 0.05) is 18.8 Å². The number of allylic oxidation sites excluding steroid dienone is 3. The van der Waals surface area contributed by atoms with Crippen molar-refractivity contribution in [3.8, 4) is 0 Å². The number of nitrogens with zero attached hydrogens (tertiary/aromatic N) is 1. The second kappa shape index (κ2) is 12.6. The van der Waals surface area contributed by atoms with Crippen LogP contribution in [0.25, 0.3) is 5.57 Å². The number of rotatable bonds is 7. The first-order chi connectivity index (χ1) is 20.8. The van der Waals surface area contributed by atoms with Crippen LogP contribution in [0.4, 0.5) is 9.59 Å². The Kier molecular flexibility index (Phi) is 9.15. The quantitative estimate of drug-likeness (QED) is 0.152. The van der Waals surface area contributed by atoms with E-state index < -0.39 is 29.9 Å². The first-order valence-electron chi connectivity index (χ1n) is 16.1. The number of pyridine rings is 1. The molecule has 7 atom stereocenters. The van der Waals surface area contributed by atoms with Gasteiger partial charge in [0.25, 0.3) is 0 Å². The lowest BCUT2D eigenvalue weighted by atomic mass is 9.47. The first kappa shape index (κ1) is 32.0. The molecule has 1 aromatic heterocycles. The van der Waals surface area contributed by atoms with Crippen LogP contribution in [-0.4, -0.2) is 54.2 Å². The second-order valence-corrected chi connectivity index (χ2v) is 14.4. The number of amides is 1. The van der Waals surface area contributed by atoms with Crippen molar-refractivity contribution >= 4 is 23.8 Å². The SMILES string of the molecule is C[C@H](NC(=O)OC(C)(C)C)C(=O)OCCOC(=O)O[C@H]1CC[C@@]2(C)C(=CC[C@@H]3[C@@H]2CC[C@]2(C)C(c4cccnc4)=CC[C@@H]32)C1. The Morgan fingerprint density at radius 2 is 1.77 bits per heavy atom. The van der Waals surface area contributed by atoms with Gasteiger partial charge < -0.3 is 24.3 Å². The van der Waals surface area contributed by atoms with Crippen LogP contribution in [0.15, 0.2) is 42.3 Å². The monoisotopic (exact) mass is 608 g/mol. The molecule has 1 heterocycles. The van der Waals surface area contributed by atoms with Crippen LogP contribution in [0.3, 0.4) is 0 Å². The normalized spacial score (nSPS) is 31.6. The van der Waals surface area contributed by atoms with E-state index in [2.05, 4.69) is 42.4 Å². The molecule has 4 aliphatic carbocycles. The van der Waals surface area contributed by atoms with Crippen LogP contribution in [0.1, 0.15) is 92.1 Å². The standard InChI is InChI=1S/C35H48N2O7/c1-22(37-31(39)44-33(2,3)4)30(38)41-18-19-42-32(40)43-25-13-15-34(5)24(20-25)9-10-26-28-12-11-27(23-8-7-17-36-21-23)35(28,6)16-14-29(26)34/h7-9,11,17,21-22,25-26,28-29H,10,12-16,18-20H2,1-6H3,(H,37,39)/t22-,25-,26-,28-,29-,34-,35+/m0/s1. The maximum Gasteiger partial charge on any atom is 0.508 e. The summed E-state index contributed by atoms with van der Waals surface area (Å²) >= 11 is 0. The molecule has 5 rings (SSSR count). The van der Waals surface area contributed by atoms with Crippen molar-refractivity contribution in [1.29, 1.82) is 0 Å². The summed E-state index contributed by atoms with van der Waals surface area (Å²) in [6, 6.07) is 3.34. The summed E-state index contributed by atoms with van der Waals surface area (Å²) in [6.07, 6.45) is 14.2. The van der Waals surface area contributed by atoms with Crippen molar-refractivity contribution in [3.63, 3.8) is 0 Å². The number of nitrogens with one attached hydrogen (secondary N) is 1. The lowest BCUT2D eigenvalue weighted by molar-refractivity contribution is -0.147. The molecule has 1 aromatic rings. The van der Waals surface area contributed by atoms with Gasteiger partial charge in [0.05, 0.1) is 0 Å². The number of alkyl carbamates (subject to hydrolysis) is 1. The predicted octanol–water partition coefficient (Wildman–Crippen LogP) is 7.02. The van der Waals surface area contributed by atoms with Gasteiger partial charge in [-0.1, -0.05) is 37.6 Å². The number of aromatic nitrogens is 1. The molecule has 0 radical (unpaired) electrons. The number of hydrogen-bond acceptors (Lipinski definition) is 8. The van der Waals surface area contributed by atoms with E-state index in [0.717, 1.165) is 32.1 Å². The van der Waals surface area contributed by atoms with E-state index in [1.807, 2.05) is 18.5 Å². The molecule has 9 nitrogen and oxygen atoms in total. The van der Waals surface area contributed by atoms with Gasteiger partial charge in [0.2, 0.25) is 0 Å². The third-order valence-corrected chi connectivity index (χ3v) is 10.5. The van der Waals surface area contributed by atoms with Crippen LogP contribution in [0.2, 0.25) is 0 Å². The van der Waals surface area contributed by atoms with Crippen molar-refractivity contribution < 1.29 is 33.3 Å². The molecule has 0 unspecified atom stereocenters. The van der Waals surface area contributed by atoms with Crippen molar-refractivity contribution in [2.24, 2.45) is 28.6 Å². The minimum Gasteiger partial charge on any atom is -0.461 e. The molecule has 0 saturated heterocycles. The highest BCUT2D eigenvalue weighted by molar-refractivity contribution is 5.81. The summed E-state index contributed by atoms with van der Waals surface area (Å²) < 4.78 is 21.1. The predicted molar refractivity (Wildman–Crippen MR) is 165 cm³/mol. The molecular formula is C35H48N2O7. The molecule has 0 aromatic carbocycles. The van der Waals surface area contributed by atoms with Crippen molar-refractivity contribution in [3.05, 3.63) is 47.8 Å². The summed E-state index contributed by atoms with van der Waals surface area (Å²) in [5, 5.41) is 2.43. The van der Waals surface area contributed by atoms with Crippen molar-refractivity contribution in [2.45, 2.75) is 104 Å². The molecule has 1 amide bonds. The average molecular weight is 609 g/mol. The zero-order valence-electron chi connectivity index (χ0n) is 27.0. The van der Waals surface area contributed by atoms with Gasteiger partial charge in [-0.3, -0.25) is 4.98 Å². The molecule has 4 aliphatic rings. The number of carbonyl (C=O) groups excluding carboxylic acids is 3. The average Bonchev–Trinajstić information content (AvgIpc) is 3.32. The van der Waals surface area contributed by atoms with Gasteiger partial charge in [-0.15, -0.1) is 0 Å². The third kappa shape index (κ3) is 6.66. The minimum atomic E-state index is -0.900. The minimum absolute atomic E-state index is 0.128. The van der Waals surface area contributed by atoms with E-state index in [1.165, 1.54) is 36.5 Å². The molecule has 2 fully saturated rings. The molecule has 2 saturated carbocycles. The van der Waals surface area contributed by atoms with Gasteiger partial charge >= 0.3 is 18.2 Å². The van der Waals surface area contributed by atoms with E-state index in [9.17, 15) is 14.4 Å². The largest absolute Gasteiger partial charge is 0.508 e. The van der Waals surface area contributed by atoms with Crippen molar-refractivity contribution in [2.75, 3.05) is 13.2 Å². The Morgan fingerprint density at radius 1 is 1.02 bits per heavy atom. The maximum absolute atomic E-state index is 12.5. The van der Waals surface area contributed by atoms with E-state index in [4.69, 9.17) is 18.9 Å². The molecular weight excluding hydrogens is 560 g/mol. The lowest BCUT2D eigenvalue weighted by Crippen LogP contribution is -2.50. The Hall–Kier alpha value is -3.36. The van der Waals surface area contributed by atoms with Gasteiger partial charge in [0.15, 0.2) is 0 Å². The number of esters is 1. The summed E-state index contributed by atoms with van der Waals surface area (Å²) in [5.41, 5.74) is 3.81. The molecule has 0 spiro atoms. The highest BCUT2D eigenvalue weighted by Crippen LogP contribution is 2.66. The van der Waals surface area contributed by atoms with Crippen LogP contribution in [0, 0.1) is 28.6 Å². The topological polar surface area (TPSA) is 113 Å². The Labute approximate surface area is 261 Å². The van der Waals surface area contributed by atoms with Crippen LogP contribution in [0.5, 0.6) is 0 Å². The summed E-state index contributed by atoms with van der Waals surface area (Å²) in [6.45, 7) is 11.3. The Morgan fingerprint density at radius 3 is 2.50 bits per heavy atom. The number of carbonyl (C=O) groups is 3. The third-order valence-electron chi connectivity index (χ3n) is 10.5. The van der Waals surface area contributed by atoms with Crippen molar-refractivity contribution in [1.82, 2.24) is 10.3 Å². The van der Waals surface area contributed by atoms with E-state index in [0.29, 0.717) is 17.8 Å². The van der Waals surface area contributed by atoms with Gasteiger partial charge in [-0.25, -0.2) is 14.4 Å². The lowest BCUT2D eigenvalue weighted by Gasteiger charge is -2.57. The molecule has 0 aliphatic heterocycles. The number of hydrogen-bond donors (Lipinski definition) is 1. The fourth-order valence-electron chi connectivity index (χ4n) is 8.37. The number of fused-ring (bicyclic) bond motifs is 5. The van der Waals surface area contributed by atoms with E-state index in [-0.39, 0.29) is 30.1 Å². The summed E-state index contributed by atoms with van der Waals surface area (Å²) in [5.74, 6) is 1.28. The zero-order valence-corrected chi connectivity index (χ0v) is 27.0. The Balaban J connectivity index is 1.08. The van der Waals surface area contributed by atoms with Crippen LogP contribution >= 0.6 is 0 Å². The van der Waals surface area contributed by atoms with Crippen LogP contribution < -0.4 is 5.32 Å². The van der Waals surface area contributed by atoms with Crippen LogP contribution in [-0.2, 0) is 23.7 Å². The fraction of sp³-hybridized carbons (Fsp3) is 0.657. The van der Waals surface area contributed by atoms with Gasteiger partial charge in [-0.05, 0) is 112 Å². The number of ether oxygens (including phenoxy) is 4. The van der Waals surface area contributed by atoms with Gasteiger partial charge in [-0.2, -0.15) is 0 Å². The molecule has 44 heavy (non-hydrogen) atoms. The summed E-state index contributed by atoms with van der Waals surface area (Å²) in [4.78, 5) is 40.8. The summed E-state index contributed by atoms with van der Waals surface area (Å²) in [7, 11) is 0. The second-order valence-electron chi connectivity index (χ2n) is 14.4. The van der Waals surface area contributed by atoms with E-state index >= 15 is 0 Å². The maximum atomic E-state index is 12.5. The molecule has 1 N–H and O–H groups in total. The zero-order chi connectivity index (χ0) is 31.7. The molecule has 9 heteroatoms. The fourth-order valence-corrected chi connectivity index (χ4v) is 8.37. The first-order valence-corrected chi connectivity index (χ1v) is 16.1.